The van der Waals surface area contributed by atoms with Crippen molar-refractivity contribution in [2.45, 2.75) is 32.6 Å². The molecular formula is C14H17N2O3-. The number of anilines is 1. The quantitative estimate of drug-likeness (QED) is 0.875. The lowest BCUT2D eigenvalue weighted by molar-refractivity contribution is -0.313. The van der Waals surface area contributed by atoms with Gasteiger partial charge < -0.3 is 15.2 Å². The highest BCUT2D eigenvalue weighted by molar-refractivity contribution is 5.94. The zero-order valence-corrected chi connectivity index (χ0v) is 10.9. The Balaban J connectivity index is 2.05. The van der Waals surface area contributed by atoms with E-state index in [1.54, 1.807) is 12.3 Å². The standard InChI is InChI=1S/C14H18N2O3/c1-9-6-7-12(15-8-9)16-13(17)10-4-2-3-5-11(10)14(18)19/h6-8,10-11H,2-5H2,1H3,(H,18,19)(H,15,16,17)/p-1. The van der Waals surface area contributed by atoms with Crippen molar-refractivity contribution in [2.75, 3.05) is 5.32 Å². The van der Waals surface area contributed by atoms with Gasteiger partial charge in [-0.25, -0.2) is 4.98 Å². The summed E-state index contributed by atoms with van der Waals surface area (Å²) in [5, 5.41) is 13.7. The lowest BCUT2D eigenvalue weighted by Gasteiger charge is -2.30. The van der Waals surface area contributed by atoms with Crippen molar-refractivity contribution in [3.05, 3.63) is 23.9 Å². The molecule has 0 spiro atoms. The van der Waals surface area contributed by atoms with Gasteiger partial charge in [-0.1, -0.05) is 18.9 Å². The molecule has 1 aliphatic rings. The van der Waals surface area contributed by atoms with Crippen molar-refractivity contribution >= 4 is 17.7 Å². The number of aryl methyl sites for hydroxylation is 1. The monoisotopic (exact) mass is 261 g/mol. The Labute approximate surface area is 112 Å². The van der Waals surface area contributed by atoms with Crippen LogP contribution >= 0.6 is 0 Å². The highest BCUT2D eigenvalue weighted by atomic mass is 16.4. The minimum Gasteiger partial charge on any atom is -0.550 e. The van der Waals surface area contributed by atoms with Crippen LogP contribution in [0.2, 0.25) is 0 Å². The SMILES string of the molecule is Cc1ccc(NC(=O)C2CCCCC2C(=O)[O-])nc1. The number of aliphatic carboxylic acids is 1. The van der Waals surface area contributed by atoms with E-state index in [1.807, 2.05) is 13.0 Å². The number of nitrogens with one attached hydrogen (secondary N) is 1. The molecule has 1 aliphatic carbocycles. The maximum atomic E-state index is 12.1. The summed E-state index contributed by atoms with van der Waals surface area (Å²) in [4.78, 5) is 27.3. The Kier molecular flexibility index (Phi) is 4.14. The number of nitrogens with zero attached hydrogens (tertiary/aromatic N) is 1. The second kappa shape index (κ2) is 5.82. The number of carboxylic acid groups (broad SMARTS) is 1. The molecule has 0 aliphatic heterocycles. The fourth-order valence-corrected chi connectivity index (χ4v) is 2.49. The fourth-order valence-electron chi connectivity index (χ4n) is 2.49. The second-order valence-corrected chi connectivity index (χ2v) is 5.03. The van der Waals surface area contributed by atoms with Gasteiger partial charge in [0, 0.05) is 24.0 Å². The van der Waals surface area contributed by atoms with Crippen LogP contribution in [0, 0.1) is 18.8 Å². The minimum atomic E-state index is -1.13. The molecule has 1 N–H and O–H groups in total. The maximum Gasteiger partial charge on any atom is 0.229 e. The summed E-state index contributed by atoms with van der Waals surface area (Å²) in [6, 6.07) is 3.56. The van der Waals surface area contributed by atoms with Crippen LogP contribution in [-0.4, -0.2) is 16.9 Å². The van der Waals surface area contributed by atoms with Gasteiger partial charge >= 0.3 is 0 Å². The average molecular weight is 261 g/mol. The average Bonchev–Trinajstić information content (AvgIpc) is 2.41. The lowest BCUT2D eigenvalue weighted by Crippen LogP contribution is -2.42. The number of pyridine rings is 1. The van der Waals surface area contributed by atoms with Gasteiger partial charge in [-0.3, -0.25) is 4.79 Å². The van der Waals surface area contributed by atoms with Gasteiger partial charge in [-0.15, -0.1) is 0 Å². The topological polar surface area (TPSA) is 82.1 Å². The van der Waals surface area contributed by atoms with Gasteiger partial charge in [0.15, 0.2) is 0 Å². The molecule has 0 aromatic carbocycles. The number of hydrogen-bond acceptors (Lipinski definition) is 4. The first-order chi connectivity index (χ1) is 9.08. The predicted molar refractivity (Wildman–Crippen MR) is 68.1 cm³/mol. The number of aromatic nitrogens is 1. The largest absolute Gasteiger partial charge is 0.550 e. The van der Waals surface area contributed by atoms with Crippen LogP contribution in [0.3, 0.4) is 0 Å². The van der Waals surface area contributed by atoms with Crippen molar-refractivity contribution in [1.82, 2.24) is 4.98 Å². The van der Waals surface area contributed by atoms with E-state index in [1.165, 1.54) is 0 Å². The van der Waals surface area contributed by atoms with Gasteiger partial charge in [0.05, 0.1) is 0 Å². The van der Waals surface area contributed by atoms with Crippen molar-refractivity contribution in [2.24, 2.45) is 11.8 Å². The van der Waals surface area contributed by atoms with Gasteiger partial charge in [-0.2, -0.15) is 0 Å². The molecule has 1 aromatic heterocycles. The van der Waals surface area contributed by atoms with Crippen LogP contribution in [0.15, 0.2) is 18.3 Å². The van der Waals surface area contributed by atoms with E-state index in [9.17, 15) is 14.7 Å². The first-order valence-electron chi connectivity index (χ1n) is 6.52. The molecule has 0 saturated heterocycles. The molecule has 1 fully saturated rings. The van der Waals surface area contributed by atoms with Crippen LogP contribution in [0.5, 0.6) is 0 Å². The molecule has 1 amide bonds. The Morgan fingerprint density at radius 1 is 1.26 bits per heavy atom. The summed E-state index contributed by atoms with van der Waals surface area (Å²) in [6.07, 6.45) is 4.49. The fraction of sp³-hybridized carbons (Fsp3) is 0.500. The van der Waals surface area contributed by atoms with Gasteiger partial charge in [0.1, 0.15) is 5.82 Å². The van der Waals surface area contributed by atoms with Crippen LogP contribution in [-0.2, 0) is 9.59 Å². The second-order valence-electron chi connectivity index (χ2n) is 5.03. The van der Waals surface area contributed by atoms with Crippen LogP contribution < -0.4 is 10.4 Å². The van der Waals surface area contributed by atoms with Gasteiger partial charge in [0.2, 0.25) is 5.91 Å². The van der Waals surface area contributed by atoms with Crippen LogP contribution in [0.25, 0.3) is 0 Å². The third kappa shape index (κ3) is 3.30. The Hall–Kier alpha value is -1.91. The highest BCUT2D eigenvalue weighted by Gasteiger charge is 2.31. The van der Waals surface area contributed by atoms with E-state index >= 15 is 0 Å². The number of hydrogen-bond donors (Lipinski definition) is 1. The molecule has 2 unspecified atom stereocenters. The number of carbonyl (C=O) groups is 2. The molecule has 0 bridgehead atoms. The van der Waals surface area contributed by atoms with Crippen molar-refractivity contribution in [1.29, 1.82) is 0 Å². The van der Waals surface area contributed by atoms with E-state index in [0.29, 0.717) is 18.7 Å². The van der Waals surface area contributed by atoms with Gasteiger partial charge in [-0.05, 0) is 31.4 Å². The maximum absolute atomic E-state index is 12.1. The summed E-state index contributed by atoms with van der Waals surface area (Å²) in [7, 11) is 0. The molecule has 1 saturated carbocycles. The summed E-state index contributed by atoms with van der Waals surface area (Å²) in [6.45, 7) is 1.91. The smallest absolute Gasteiger partial charge is 0.229 e. The third-order valence-corrected chi connectivity index (χ3v) is 3.57. The molecule has 1 aromatic rings. The molecule has 0 radical (unpaired) electrons. The van der Waals surface area contributed by atoms with E-state index < -0.39 is 17.8 Å². The lowest BCUT2D eigenvalue weighted by atomic mass is 9.79. The Bertz CT molecular complexity index is 470. The summed E-state index contributed by atoms with van der Waals surface area (Å²) >= 11 is 0. The highest BCUT2D eigenvalue weighted by Crippen LogP contribution is 2.30. The van der Waals surface area contributed by atoms with Crippen molar-refractivity contribution in [3.63, 3.8) is 0 Å². The minimum absolute atomic E-state index is 0.273. The van der Waals surface area contributed by atoms with E-state index in [4.69, 9.17) is 0 Å². The number of rotatable bonds is 3. The molecule has 2 rings (SSSR count). The third-order valence-electron chi connectivity index (χ3n) is 3.57. The summed E-state index contributed by atoms with van der Waals surface area (Å²) < 4.78 is 0. The van der Waals surface area contributed by atoms with E-state index in [0.717, 1.165) is 18.4 Å². The van der Waals surface area contributed by atoms with Gasteiger partial charge in [0.25, 0.3) is 0 Å². The first-order valence-corrected chi connectivity index (χ1v) is 6.52. The van der Waals surface area contributed by atoms with Crippen LogP contribution in [0.1, 0.15) is 31.2 Å². The number of carboxylic acids is 1. The molecule has 102 valence electrons. The zero-order chi connectivity index (χ0) is 13.8. The summed E-state index contributed by atoms with van der Waals surface area (Å²) in [5.41, 5.74) is 1.00. The van der Waals surface area contributed by atoms with E-state index in [2.05, 4.69) is 10.3 Å². The molecule has 19 heavy (non-hydrogen) atoms. The number of carbonyl (C=O) groups excluding carboxylic acids is 2. The molecule has 5 heteroatoms. The van der Waals surface area contributed by atoms with Crippen molar-refractivity contribution < 1.29 is 14.7 Å². The Morgan fingerprint density at radius 2 is 1.95 bits per heavy atom. The summed E-state index contributed by atoms with van der Waals surface area (Å²) in [5.74, 6) is -2.14. The van der Waals surface area contributed by atoms with Crippen LogP contribution in [0.4, 0.5) is 5.82 Å². The normalized spacial score (nSPS) is 22.8. The molecule has 2 atom stereocenters. The number of amides is 1. The van der Waals surface area contributed by atoms with E-state index in [-0.39, 0.29) is 5.91 Å². The first kappa shape index (κ1) is 13.5. The van der Waals surface area contributed by atoms with Crippen molar-refractivity contribution in [3.8, 4) is 0 Å². The Morgan fingerprint density at radius 3 is 2.53 bits per heavy atom. The molecular weight excluding hydrogens is 244 g/mol. The molecule has 1 heterocycles. The zero-order valence-electron chi connectivity index (χ0n) is 10.9. The molecule has 5 nitrogen and oxygen atoms in total. The predicted octanol–water partition coefficient (Wildman–Crippen LogP) is 0.885.